The topological polar surface area (TPSA) is 96.8 Å². The van der Waals surface area contributed by atoms with Crippen molar-refractivity contribution in [2.24, 2.45) is 5.73 Å². The molecule has 0 radical (unpaired) electrons. The van der Waals surface area contributed by atoms with Crippen molar-refractivity contribution in [1.82, 2.24) is 10.2 Å². The average Bonchev–Trinajstić information content (AvgIpc) is 2.66. The molecule has 1 aliphatic rings. The third-order valence-corrected chi connectivity index (χ3v) is 4.85. The van der Waals surface area contributed by atoms with Crippen LogP contribution >= 0.6 is 11.6 Å². The Morgan fingerprint density at radius 2 is 2.00 bits per heavy atom. The SMILES string of the molecule is CO/C(N)=C(/c1cc(Cl)c(-c2c(O)cccc2F)cc1N)N1CCNCC1. The molecule has 3 rings (SSSR count). The van der Waals surface area contributed by atoms with Crippen molar-refractivity contribution in [2.45, 2.75) is 0 Å². The van der Waals surface area contributed by atoms with Crippen LogP contribution in [0.4, 0.5) is 10.1 Å². The first kappa shape index (κ1) is 19.1. The maximum absolute atomic E-state index is 14.3. The highest BCUT2D eigenvalue weighted by atomic mass is 35.5. The number of nitrogens with two attached hydrogens (primary N) is 2. The van der Waals surface area contributed by atoms with Crippen LogP contribution in [-0.4, -0.2) is 43.3 Å². The first-order valence-corrected chi connectivity index (χ1v) is 8.88. The number of aromatic hydroxyl groups is 1. The lowest BCUT2D eigenvalue weighted by Crippen LogP contribution is -2.43. The second-order valence-electron chi connectivity index (χ2n) is 6.21. The van der Waals surface area contributed by atoms with Crippen LogP contribution in [0.3, 0.4) is 0 Å². The molecule has 144 valence electrons. The van der Waals surface area contributed by atoms with E-state index < -0.39 is 5.82 Å². The summed E-state index contributed by atoms with van der Waals surface area (Å²) in [5, 5.41) is 13.6. The molecule has 6 N–H and O–H groups in total. The molecule has 0 amide bonds. The van der Waals surface area contributed by atoms with Gasteiger partial charge in [-0.25, -0.2) is 4.39 Å². The number of ether oxygens (including phenoxy) is 1. The van der Waals surface area contributed by atoms with Crippen LogP contribution in [0.2, 0.25) is 5.02 Å². The first-order valence-electron chi connectivity index (χ1n) is 8.50. The molecule has 2 aromatic rings. The van der Waals surface area contributed by atoms with E-state index in [0.29, 0.717) is 22.5 Å². The maximum atomic E-state index is 14.3. The van der Waals surface area contributed by atoms with Crippen molar-refractivity contribution in [3.05, 3.63) is 52.6 Å². The zero-order chi connectivity index (χ0) is 19.6. The molecule has 8 heteroatoms. The Morgan fingerprint density at radius 1 is 1.30 bits per heavy atom. The predicted molar refractivity (Wildman–Crippen MR) is 105 cm³/mol. The third kappa shape index (κ3) is 3.74. The van der Waals surface area contributed by atoms with Gasteiger partial charge < -0.3 is 31.5 Å². The van der Waals surface area contributed by atoms with Gasteiger partial charge in [0.1, 0.15) is 17.3 Å². The van der Waals surface area contributed by atoms with Crippen LogP contribution < -0.4 is 16.8 Å². The Labute approximate surface area is 162 Å². The summed E-state index contributed by atoms with van der Waals surface area (Å²) in [5.74, 6) is -0.571. The number of piperazine rings is 1. The van der Waals surface area contributed by atoms with Gasteiger partial charge in [0, 0.05) is 48.0 Å². The lowest BCUT2D eigenvalue weighted by atomic mass is 9.99. The summed E-state index contributed by atoms with van der Waals surface area (Å²) in [5.41, 5.74) is 14.3. The molecule has 0 bridgehead atoms. The standard InChI is InChI=1S/C19H22ClFN4O2/c1-27-19(23)18(25-7-5-24-6-8-25)12-9-13(20)11(10-15(12)22)17-14(21)3-2-4-16(17)26/h2-4,9-10,24,26H,5-8,22-23H2,1H3/b19-18-. The molecular formula is C19H22ClFN4O2. The summed E-state index contributed by atoms with van der Waals surface area (Å²) in [6, 6.07) is 7.24. The number of halogens is 2. The van der Waals surface area contributed by atoms with Gasteiger partial charge in [0.15, 0.2) is 0 Å². The molecule has 2 aromatic carbocycles. The number of phenolic OH excluding ortho intramolecular Hbond substituents is 1. The average molecular weight is 393 g/mol. The molecule has 0 aliphatic carbocycles. The highest BCUT2D eigenvalue weighted by molar-refractivity contribution is 6.33. The van der Waals surface area contributed by atoms with E-state index in [-0.39, 0.29) is 22.2 Å². The molecule has 0 spiro atoms. The minimum absolute atomic E-state index is 0.00756. The number of benzene rings is 2. The molecule has 0 atom stereocenters. The lowest BCUT2D eigenvalue weighted by molar-refractivity contribution is 0.268. The van der Waals surface area contributed by atoms with Gasteiger partial charge in [-0.15, -0.1) is 0 Å². The molecule has 1 saturated heterocycles. The van der Waals surface area contributed by atoms with Crippen molar-refractivity contribution in [3.63, 3.8) is 0 Å². The lowest BCUT2D eigenvalue weighted by Gasteiger charge is -2.32. The van der Waals surface area contributed by atoms with Crippen molar-refractivity contribution in [2.75, 3.05) is 39.0 Å². The summed E-state index contributed by atoms with van der Waals surface area (Å²) < 4.78 is 19.5. The van der Waals surface area contributed by atoms with Gasteiger partial charge >= 0.3 is 0 Å². The first-order chi connectivity index (χ1) is 12.9. The van der Waals surface area contributed by atoms with Gasteiger partial charge in [-0.2, -0.15) is 0 Å². The smallest absolute Gasteiger partial charge is 0.208 e. The normalized spacial score (nSPS) is 15.4. The number of hydrogen-bond acceptors (Lipinski definition) is 6. The number of nitrogens with one attached hydrogen (secondary N) is 1. The van der Waals surface area contributed by atoms with E-state index in [1.54, 1.807) is 12.1 Å². The summed E-state index contributed by atoms with van der Waals surface area (Å²) in [7, 11) is 1.49. The molecule has 0 unspecified atom stereocenters. The number of nitrogens with zero attached hydrogens (tertiary/aromatic N) is 1. The van der Waals surface area contributed by atoms with Gasteiger partial charge in [-0.1, -0.05) is 17.7 Å². The van der Waals surface area contributed by atoms with Crippen molar-refractivity contribution in [3.8, 4) is 16.9 Å². The Kier molecular flexibility index (Phi) is 5.62. The molecule has 6 nitrogen and oxygen atoms in total. The molecule has 0 saturated carbocycles. The molecule has 0 aromatic heterocycles. The second-order valence-corrected chi connectivity index (χ2v) is 6.61. The summed E-state index contributed by atoms with van der Waals surface area (Å²) in [4.78, 5) is 2.07. The van der Waals surface area contributed by atoms with Gasteiger partial charge in [0.2, 0.25) is 5.88 Å². The van der Waals surface area contributed by atoms with Crippen molar-refractivity contribution >= 4 is 23.0 Å². The van der Waals surface area contributed by atoms with E-state index in [2.05, 4.69) is 10.2 Å². The number of anilines is 1. The second kappa shape index (κ2) is 7.94. The van der Waals surface area contributed by atoms with E-state index >= 15 is 0 Å². The monoisotopic (exact) mass is 392 g/mol. The summed E-state index contributed by atoms with van der Waals surface area (Å²) >= 11 is 6.44. The fourth-order valence-electron chi connectivity index (χ4n) is 3.21. The van der Waals surface area contributed by atoms with E-state index in [9.17, 15) is 9.50 Å². The molecular weight excluding hydrogens is 371 g/mol. The zero-order valence-corrected chi connectivity index (χ0v) is 15.7. The number of nitrogen functional groups attached to an aromatic ring is 1. The number of phenols is 1. The highest BCUT2D eigenvalue weighted by Crippen LogP contribution is 2.40. The van der Waals surface area contributed by atoms with Crippen LogP contribution in [0.15, 0.2) is 36.2 Å². The van der Waals surface area contributed by atoms with Gasteiger partial charge in [0.05, 0.1) is 12.7 Å². The van der Waals surface area contributed by atoms with Crippen LogP contribution in [-0.2, 0) is 4.74 Å². The minimum Gasteiger partial charge on any atom is -0.507 e. The minimum atomic E-state index is -0.585. The van der Waals surface area contributed by atoms with E-state index in [1.165, 1.54) is 25.3 Å². The number of rotatable bonds is 4. The van der Waals surface area contributed by atoms with Gasteiger partial charge in [-0.05, 0) is 24.3 Å². The van der Waals surface area contributed by atoms with Gasteiger partial charge in [0.25, 0.3) is 0 Å². The summed E-state index contributed by atoms with van der Waals surface area (Å²) in [6.07, 6.45) is 0. The Balaban J connectivity index is 2.13. The van der Waals surface area contributed by atoms with Crippen molar-refractivity contribution < 1.29 is 14.2 Å². The largest absolute Gasteiger partial charge is 0.507 e. The third-order valence-electron chi connectivity index (χ3n) is 4.54. The molecule has 1 aliphatic heterocycles. The van der Waals surface area contributed by atoms with E-state index in [1.807, 2.05) is 0 Å². The van der Waals surface area contributed by atoms with Crippen molar-refractivity contribution in [1.29, 1.82) is 0 Å². The van der Waals surface area contributed by atoms with Crippen LogP contribution in [0.5, 0.6) is 5.75 Å². The van der Waals surface area contributed by atoms with E-state index in [4.69, 9.17) is 27.8 Å². The Morgan fingerprint density at radius 3 is 2.63 bits per heavy atom. The van der Waals surface area contributed by atoms with Crippen LogP contribution in [0.1, 0.15) is 5.56 Å². The fourth-order valence-corrected chi connectivity index (χ4v) is 3.47. The molecule has 1 heterocycles. The maximum Gasteiger partial charge on any atom is 0.208 e. The van der Waals surface area contributed by atoms with E-state index in [0.717, 1.165) is 26.2 Å². The molecule has 27 heavy (non-hydrogen) atoms. The molecule has 1 fully saturated rings. The zero-order valence-electron chi connectivity index (χ0n) is 14.9. The van der Waals surface area contributed by atoms with Crippen LogP contribution in [0, 0.1) is 5.82 Å². The Bertz CT molecular complexity index is 862. The quantitative estimate of drug-likeness (QED) is 0.471. The van der Waals surface area contributed by atoms with Gasteiger partial charge in [-0.3, -0.25) is 0 Å². The Hall–Kier alpha value is -2.64. The highest BCUT2D eigenvalue weighted by Gasteiger charge is 2.23. The summed E-state index contributed by atoms with van der Waals surface area (Å²) in [6.45, 7) is 3.06. The fraction of sp³-hybridized carbons (Fsp3) is 0.263. The van der Waals surface area contributed by atoms with Crippen LogP contribution in [0.25, 0.3) is 16.8 Å². The number of methoxy groups -OCH3 is 1. The number of hydrogen-bond donors (Lipinski definition) is 4. The predicted octanol–water partition coefficient (Wildman–Crippen LogP) is 2.57.